The molecule has 1 aromatic rings. The number of urea groups is 1. The van der Waals surface area contributed by atoms with E-state index in [1.165, 1.54) is 0 Å². The molecule has 144 valence electrons. The molecule has 13 heteroatoms. The number of halogens is 3. The first-order valence-electron chi connectivity index (χ1n) is 7.08. The Labute approximate surface area is 157 Å². The predicted octanol–water partition coefficient (Wildman–Crippen LogP) is 1.47. The van der Waals surface area contributed by atoms with Crippen molar-refractivity contribution < 1.29 is 32.6 Å². The molecular weight excluding hydrogens is 416 g/mol. The number of aliphatic carboxylic acids is 1. The Balaban J connectivity index is 2.26. The van der Waals surface area contributed by atoms with Gasteiger partial charge in [-0.15, -0.1) is 11.6 Å². The zero-order chi connectivity index (χ0) is 19.6. The number of aliphatic hydroxyl groups is 1. The van der Waals surface area contributed by atoms with Gasteiger partial charge in [-0.2, -0.15) is 0 Å². The summed E-state index contributed by atoms with van der Waals surface area (Å²) in [5.74, 6) is -2.28. The lowest BCUT2D eigenvalue weighted by Crippen LogP contribution is -2.43. The molecule has 26 heavy (non-hydrogen) atoms. The smallest absolute Gasteiger partial charge is 0.326 e. The van der Waals surface area contributed by atoms with Crippen LogP contribution in [0.1, 0.15) is 6.42 Å². The van der Waals surface area contributed by atoms with Gasteiger partial charge in [0.25, 0.3) is 0 Å². The van der Waals surface area contributed by atoms with E-state index in [1.54, 1.807) is 0 Å². The van der Waals surface area contributed by atoms with Crippen LogP contribution in [0.15, 0.2) is 12.1 Å². The fraction of sp³-hybridized carbons (Fsp3) is 0.385. The number of amides is 2. The van der Waals surface area contributed by atoms with Gasteiger partial charge >= 0.3 is 12.0 Å². The fourth-order valence-electron chi connectivity index (χ4n) is 2.38. The lowest BCUT2D eigenvalue weighted by molar-refractivity contribution is -0.141. The molecule has 0 saturated carbocycles. The number of likely N-dealkylation sites (tertiary alicyclic amines) is 1. The third-order valence-corrected chi connectivity index (χ3v) is 5.53. The predicted molar refractivity (Wildman–Crippen MR) is 92.4 cm³/mol. The monoisotopic (exact) mass is 429 g/mol. The van der Waals surface area contributed by atoms with Gasteiger partial charge in [-0.1, -0.05) is 11.6 Å². The summed E-state index contributed by atoms with van der Waals surface area (Å²) < 4.78 is 39.1. The number of rotatable bonds is 5. The van der Waals surface area contributed by atoms with Gasteiger partial charge in [-0.25, -0.2) is 22.4 Å². The van der Waals surface area contributed by atoms with E-state index in [1.807, 2.05) is 4.72 Å². The van der Waals surface area contributed by atoms with Gasteiger partial charge in [-0.3, -0.25) is 4.72 Å². The van der Waals surface area contributed by atoms with Gasteiger partial charge in [0.05, 0.1) is 22.5 Å². The first kappa shape index (κ1) is 20.5. The topological polar surface area (TPSA) is 136 Å². The number of nitrogens with one attached hydrogen (secondary N) is 2. The van der Waals surface area contributed by atoms with Gasteiger partial charge in [-0.05, 0) is 12.1 Å². The normalized spacial score (nSPS) is 20.1. The van der Waals surface area contributed by atoms with Crippen molar-refractivity contribution in [3.05, 3.63) is 23.0 Å². The SMILES string of the molecule is O=C(O)C1CC(O)CN1C(=O)Nc1cc(NS(=O)(=O)CCl)c(Cl)cc1F. The van der Waals surface area contributed by atoms with Gasteiger partial charge in [0.15, 0.2) is 0 Å². The average Bonchev–Trinajstić information content (AvgIpc) is 2.94. The third-order valence-electron chi connectivity index (χ3n) is 3.53. The van der Waals surface area contributed by atoms with Crippen molar-refractivity contribution in [3.63, 3.8) is 0 Å². The molecule has 9 nitrogen and oxygen atoms in total. The molecule has 2 rings (SSSR count). The van der Waals surface area contributed by atoms with E-state index in [9.17, 15) is 27.5 Å². The number of β-amino-alcohol motifs (C(OH)–C–C–N with tert-alkyl or cyclic N) is 1. The summed E-state index contributed by atoms with van der Waals surface area (Å²) >= 11 is 11.0. The molecule has 1 aliphatic heterocycles. The number of aliphatic hydroxyl groups excluding tert-OH is 1. The maximum absolute atomic E-state index is 14.0. The maximum Gasteiger partial charge on any atom is 0.326 e. The maximum atomic E-state index is 14.0. The highest BCUT2D eigenvalue weighted by Crippen LogP contribution is 2.30. The summed E-state index contributed by atoms with van der Waals surface area (Å²) in [7, 11) is -3.92. The van der Waals surface area contributed by atoms with Crippen LogP contribution >= 0.6 is 23.2 Å². The minimum atomic E-state index is -3.92. The van der Waals surface area contributed by atoms with Crippen LogP contribution in [0, 0.1) is 5.82 Å². The highest BCUT2D eigenvalue weighted by atomic mass is 35.5. The Hall–Kier alpha value is -1.82. The number of carbonyl (C=O) groups is 2. The number of alkyl halides is 1. The second kappa shape index (κ2) is 7.82. The standard InChI is InChI=1S/C13H14Cl2FN3O6S/c14-5-26(24,25)18-9-3-10(8(16)2-7(9)15)17-13(23)19-4-6(20)1-11(19)12(21)22/h2-3,6,11,18,20H,1,4-5H2,(H,17,23)(H,21,22). The van der Waals surface area contributed by atoms with Crippen molar-refractivity contribution in [3.8, 4) is 0 Å². The Morgan fingerprint density at radius 2 is 2.00 bits per heavy atom. The Bertz CT molecular complexity index is 837. The average molecular weight is 430 g/mol. The van der Waals surface area contributed by atoms with E-state index in [2.05, 4.69) is 5.32 Å². The van der Waals surface area contributed by atoms with Crippen LogP contribution in [0.2, 0.25) is 5.02 Å². The number of carboxylic acid groups (broad SMARTS) is 1. The van der Waals surface area contributed by atoms with E-state index < -0.39 is 50.9 Å². The molecule has 0 spiro atoms. The fourth-order valence-corrected chi connectivity index (χ4v) is 3.35. The quantitative estimate of drug-likeness (QED) is 0.523. The highest BCUT2D eigenvalue weighted by Gasteiger charge is 2.39. The molecule has 1 heterocycles. The second-order valence-electron chi connectivity index (χ2n) is 5.46. The number of sulfonamides is 1. The van der Waals surface area contributed by atoms with Gasteiger partial charge in [0, 0.05) is 13.0 Å². The van der Waals surface area contributed by atoms with Crippen LogP contribution in [0.3, 0.4) is 0 Å². The Morgan fingerprint density at radius 1 is 1.35 bits per heavy atom. The number of anilines is 2. The van der Waals surface area contributed by atoms with Crippen molar-refractivity contribution in [2.75, 3.05) is 21.8 Å². The van der Waals surface area contributed by atoms with Crippen molar-refractivity contribution in [2.24, 2.45) is 0 Å². The van der Waals surface area contributed by atoms with Gasteiger partial charge in [0.2, 0.25) is 10.0 Å². The molecule has 1 saturated heterocycles. The van der Waals surface area contributed by atoms with E-state index >= 15 is 0 Å². The summed E-state index contributed by atoms with van der Waals surface area (Å²) in [4.78, 5) is 24.2. The summed E-state index contributed by atoms with van der Waals surface area (Å²) in [6.45, 7) is -0.246. The molecule has 2 unspecified atom stereocenters. The molecule has 0 bridgehead atoms. The Kier molecular flexibility index (Phi) is 6.17. The number of nitrogens with zero attached hydrogens (tertiary/aromatic N) is 1. The summed E-state index contributed by atoms with van der Waals surface area (Å²) in [6, 6.07) is -0.533. The Morgan fingerprint density at radius 3 is 2.58 bits per heavy atom. The number of benzene rings is 1. The molecule has 2 amide bonds. The molecule has 0 aromatic heterocycles. The number of hydrogen-bond acceptors (Lipinski definition) is 5. The highest BCUT2D eigenvalue weighted by molar-refractivity contribution is 7.93. The molecule has 0 radical (unpaired) electrons. The van der Waals surface area contributed by atoms with Crippen LogP contribution in [-0.4, -0.2) is 59.4 Å². The zero-order valence-electron chi connectivity index (χ0n) is 12.9. The molecule has 1 aliphatic rings. The van der Waals surface area contributed by atoms with E-state index in [-0.39, 0.29) is 23.7 Å². The zero-order valence-corrected chi connectivity index (χ0v) is 15.3. The third kappa shape index (κ3) is 4.67. The first-order valence-corrected chi connectivity index (χ1v) is 9.64. The largest absolute Gasteiger partial charge is 0.480 e. The van der Waals surface area contributed by atoms with Gasteiger partial charge in [0.1, 0.15) is 17.1 Å². The molecular formula is C13H14Cl2FN3O6S. The van der Waals surface area contributed by atoms with E-state index in [0.717, 1.165) is 17.0 Å². The lowest BCUT2D eigenvalue weighted by Gasteiger charge is -2.22. The molecule has 4 N–H and O–H groups in total. The summed E-state index contributed by atoms with van der Waals surface area (Å²) in [6.07, 6.45) is -1.19. The molecule has 0 aliphatic carbocycles. The number of carboxylic acids is 1. The van der Waals surface area contributed by atoms with E-state index in [4.69, 9.17) is 28.3 Å². The van der Waals surface area contributed by atoms with Crippen LogP contribution < -0.4 is 10.0 Å². The minimum Gasteiger partial charge on any atom is -0.480 e. The summed E-state index contributed by atoms with van der Waals surface area (Å²) in [5.41, 5.74) is -0.655. The minimum absolute atomic E-state index is 0.160. The second-order valence-corrected chi connectivity index (χ2v) is 8.18. The van der Waals surface area contributed by atoms with Crippen molar-refractivity contribution in [2.45, 2.75) is 18.6 Å². The lowest BCUT2D eigenvalue weighted by atomic mass is 10.2. The van der Waals surface area contributed by atoms with Gasteiger partial charge < -0.3 is 20.4 Å². The summed E-state index contributed by atoms with van der Waals surface area (Å²) in [5, 5.41) is 19.8. The molecule has 1 aromatic carbocycles. The number of hydrogen-bond donors (Lipinski definition) is 4. The van der Waals surface area contributed by atoms with Crippen molar-refractivity contribution in [1.29, 1.82) is 0 Å². The van der Waals surface area contributed by atoms with Crippen molar-refractivity contribution >= 4 is 56.6 Å². The molecule has 2 atom stereocenters. The van der Waals surface area contributed by atoms with Crippen LogP contribution in [-0.2, 0) is 14.8 Å². The molecule has 1 fully saturated rings. The van der Waals surface area contributed by atoms with Crippen LogP contribution in [0.4, 0.5) is 20.6 Å². The van der Waals surface area contributed by atoms with Crippen LogP contribution in [0.25, 0.3) is 0 Å². The first-order chi connectivity index (χ1) is 12.0. The van der Waals surface area contributed by atoms with Crippen LogP contribution in [0.5, 0.6) is 0 Å². The van der Waals surface area contributed by atoms with E-state index in [0.29, 0.717) is 0 Å². The number of carbonyl (C=O) groups excluding carboxylic acids is 1. The van der Waals surface area contributed by atoms with Crippen molar-refractivity contribution in [1.82, 2.24) is 4.90 Å².